The number of piperidine rings is 1. The van der Waals surface area contributed by atoms with Gasteiger partial charge in [-0.2, -0.15) is 36.3 Å². The number of hydrogen-bond acceptors (Lipinski definition) is 8. The van der Waals surface area contributed by atoms with E-state index in [1.165, 1.54) is 12.8 Å². The molecule has 0 atom stereocenters. The van der Waals surface area contributed by atoms with Crippen molar-refractivity contribution in [3.63, 3.8) is 0 Å². The van der Waals surface area contributed by atoms with Crippen LogP contribution >= 0.6 is 0 Å². The van der Waals surface area contributed by atoms with Crippen molar-refractivity contribution >= 4 is 23.3 Å². The van der Waals surface area contributed by atoms with Crippen LogP contribution in [-0.2, 0) is 18.9 Å². The number of likely N-dealkylation sites (tertiary alicyclic amines) is 1. The maximum absolute atomic E-state index is 13.3. The van der Waals surface area contributed by atoms with Crippen molar-refractivity contribution in [1.29, 1.82) is 0 Å². The normalized spacial score (nSPS) is 23.9. The Balaban J connectivity index is 1.14. The SMILES string of the molecule is NC1CCC(Nc2nc(NC3CCN(Cc4cc(C(F)(F)F)cc(C(F)(F)F)c4)CC3)c3c(n2)N(C2CCCC2)CN3)CC1. The quantitative estimate of drug-likeness (QED) is 0.262. The first-order chi connectivity index (χ1) is 20.9. The summed E-state index contributed by atoms with van der Waals surface area (Å²) >= 11 is 0. The molecule has 242 valence electrons. The van der Waals surface area contributed by atoms with Crippen LogP contribution in [0.15, 0.2) is 18.2 Å². The van der Waals surface area contributed by atoms with E-state index in [0.29, 0.717) is 44.6 Å². The predicted molar refractivity (Wildman–Crippen MR) is 157 cm³/mol. The molecule has 3 fully saturated rings. The van der Waals surface area contributed by atoms with Crippen molar-refractivity contribution in [3.8, 4) is 0 Å². The average molecular weight is 627 g/mol. The van der Waals surface area contributed by atoms with Crippen LogP contribution in [0.2, 0.25) is 0 Å². The topological polar surface area (TPSA) is 94.4 Å². The molecule has 8 nitrogen and oxygen atoms in total. The summed E-state index contributed by atoms with van der Waals surface area (Å²) in [4.78, 5) is 14.1. The van der Waals surface area contributed by atoms with E-state index in [1.54, 1.807) is 0 Å². The zero-order valence-corrected chi connectivity index (χ0v) is 24.6. The standard InChI is InChI=1S/C30H40F6N8/c31-29(32,33)19-13-18(14-20(15-19)30(34,35)36)16-43-11-9-23(10-12-43)39-26-25-27(44(17-38-25)24-3-1-2-4-24)42-28(41-26)40-22-7-5-21(37)6-8-22/h13-15,21-24,38H,1-12,16-17,37H2,(H2,39,40,41,42). The van der Waals surface area contributed by atoms with E-state index in [0.717, 1.165) is 68.0 Å². The second kappa shape index (κ2) is 12.4. The molecule has 1 saturated heterocycles. The van der Waals surface area contributed by atoms with Crippen molar-refractivity contribution in [1.82, 2.24) is 14.9 Å². The molecule has 1 aromatic carbocycles. The maximum atomic E-state index is 13.3. The minimum Gasteiger partial charge on any atom is -0.365 e. The number of aromatic nitrogens is 2. The molecule has 0 spiro atoms. The van der Waals surface area contributed by atoms with Gasteiger partial charge >= 0.3 is 12.4 Å². The molecule has 14 heteroatoms. The van der Waals surface area contributed by atoms with E-state index in [4.69, 9.17) is 15.7 Å². The summed E-state index contributed by atoms with van der Waals surface area (Å²) in [7, 11) is 0. The molecule has 6 rings (SSSR count). The molecule has 4 aliphatic rings. The highest BCUT2D eigenvalue weighted by Gasteiger charge is 2.37. The third-order valence-corrected chi connectivity index (χ3v) is 9.44. The third-order valence-electron chi connectivity index (χ3n) is 9.44. The second-order valence-electron chi connectivity index (χ2n) is 12.7. The molecule has 0 radical (unpaired) electrons. The van der Waals surface area contributed by atoms with Crippen LogP contribution in [0.1, 0.15) is 80.9 Å². The van der Waals surface area contributed by atoms with E-state index >= 15 is 0 Å². The largest absolute Gasteiger partial charge is 0.416 e. The first-order valence-electron chi connectivity index (χ1n) is 15.6. The molecule has 5 N–H and O–H groups in total. The van der Waals surface area contributed by atoms with Gasteiger partial charge in [0, 0.05) is 43.8 Å². The number of benzene rings is 1. The molecular formula is C30H40F6N8. The first kappa shape index (κ1) is 31.0. The predicted octanol–water partition coefficient (Wildman–Crippen LogP) is 6.40. The molecule has 0 unspecified atom stereocenters. The molecule has 0 bridgehead atoms. The summed E-state index contributed by atoms with van der Waals surface area (Å²) in [6, 6.07) is 2.78. The van der Waals surface area contributed by atoms with Crippen molar-refractivity contribution in [2.75, 3.05) is 40.6 Å². The number of anilines is 4. The van der Waals surface area contributed by atoms with Crippen LogP contribution in [0, 0.1) is 0 Å². The summed E-state index contributed by atoms with van der Waals surface area (Å²) < 4.78 is 80.0. The molecular weight excluding hydrogens is 586 g/mol. The highest BCUT2D eigenvalue weighted by molar-refractivity contribution is 5.83. The molecule has 44 heavy (non-hydrogen) atoms. The summed E-state index contributed by atoms with van der Waals surface area (Å²) in [6.07, 6.45) is 0.130. The van der Waals surface area contributed by atoms with Gasteiger partial charge in [0.2, 0.25) is 5.95 Å². The van der Waals surface area contributed by atoms with Crippen LogP contribution in [-0.4, -0.2) is 58.8 Å². The molecule has 3 heterocycles. The van der Waals surface area contributed by atoms with E-state index in [9.17, 15) is 26.3 Å². The molecule has 2 saturated carbocycles. The first-order valence-corrected chi connectivity index (χ1v) is 15.6. The van der Waals surface area contributed by atoms with E-state index in [-0.39, 0.29) is 36.3 Å². The lowest BCUT2D eigenvalue weighted by molar-refractivity contribution is -0.143. The Morgan fingerprint density at radius 2 is 1.41 bits per heavy atom. The Bertz CT molecular complexity index is 1260. The summed E-state index contributed by atoms with van der Waals surface area (Å²) in [6.45, 7) is 1.73. The van der Waals surface area contributed by atoms with E-state index in [2.05, 4.69) is 20.9 Å². The van der Waals surface area contributed by atoms with Crippen LogP contribution in [0.3, 0.4) is 0 Å². The van der Waals surface area contributed by atoms with Crippen LogP contribution in [0.4, 0.5) is 49.6 Å². The highest BCUT2D eigenvalue weighted by Crippen LogP contribution is 2.41. The van der Waals surface area contributed by atoms with Crippen molar-refractivity contribution < 1.29 is 26.3 Å². The Morgan fingerprint density at radius 3 is 2.02 bits per heavy atom. The maximum Gasteiger partial charge on any atom is 0.416 e. The second-order valence-corrected chi connectivity index (χ2v) is 12.7. The van der Waals surface area contributed by atoms with E-state index < -0.39 is 23.5 Å². The fourth-order valence-electron chi connectivity index (χ4n) is 6.99. The van der Waals surface area contributed by atoms with Crippen LogP contribution in [0.25, 0.3) is 0 Å². The number of rotatable bonds is 7. The van der Waals surface area contributed by atoms with Gasteiger partial charge in [-0.15, -0.1) is 0 Å². The van der Waals surface area contributed by atoms with Gasteiger partial charge in [-0.3, -0.25) is 4.90 Å². The zero-order valence-electron chi connectivity index (χ0n) is 24.6. The monoisotopic (exact) mass is 626 g/mol. The number of alkyl halides is 6. The summed E-state index contributed by atoms with van der Waals surface area (Å²) in [5.41, 5.74) is 4.42. The zero-order chi connectivity index (χ0) is 31.1. The summed E-state index contributed by atoms with van der Waals surface area (Å²) in [5, 5.41) is 10.6. The number of fused-ring (bicyclic) bond motifs is 1. The fraction of sp³-hybridized carbons (Fsp3) is 0.667. The number of halogens is 6. The van der Waals surface area contributed by atoms with Gasteiger partial charge in [-0.1, -0.05) is 12.8 Å². The van der Waals surface area contributed by atoms with Crippen LogP contribution < -0.4 is 26.6 Å². The van der Waals surface area contributed by atoms with Crippen LogP contribution in [0.5, 0.6) is 0 Å². The number of nitrogens with two attached hydrogens (primary N) is 1. The van der Waals surface area contributed by atoms with E-state index in [1.807, 2.05) is 4.90 Å². The van der Waals surface area contributed by atoms with Crippen molar-refractivity contribution in [2.45, 2.75) is 107 Å². The highest BCUT2D eigenvalue weighted by atomic mass is 19.4. The number of nitrogens with one attached hydrogen (secondary N) is 3. The van der Waals surface area contributed by atoms with Gasteiger partial charge in [0.1, 0.15) is 5.69 Å². The van der Waals surface area contributed by atoms with Gasteiger partial charge < -0.3 is 26.6 Å². The van der Waals surface area contributed by atoms with Gasteiger partial charge in [-0.25, -0.2) is 0 Å². The summed E-state index contributed by atoms with van der Waals surface area (Å²) in [5.74, 6) is 2.20. The Kier molecular flexibility index (Phi) is 8.75. The van der Waals surface area contributed by atoms with Crippen molar-refractivity contribution in [2.24, 2.45) is 5.73 Å². The van der Waals surface area contributed by atoms with Gasteiger partial charge in [0.05, 0.1) is 17.8 Å². The van der Waals surface area contributed by atoms with Crippen molar-refractivity contribution in [3.05, 3.63) is 34.9 Å². The smallest absolute Gasteiger partial charge is 0.365 e. The number of hydrogen-bond donors (Lipinski definition) is 4. The molecule has 1 aromatic heterocycles. The lowest BCUT2D eigenvalue weighted by Gasteiger charge is -2.33. The molecule has 2 aliphatic heterocycles. The Labute approximate surface area is 253 Å². The third kappa shape index (κ3) is 7.11. The molecule has 2 aromatic rings. The van der Waals surface area contributed by atoms with Gasteiger partial charge in [0.25, 0.3) is 0 Å². The average Bonchev–Trinajstić information content (AvgIpc) is 3.65. The lowest BCUT2D eigenvalue weighted by atomic mass is 9.92. The number of nitrogens with zero attached hydrogens (tertiary/aromatic N) is 4. The Morgan fingerprint density at radius 1 is 0.795 bits per heavy atom. The van der Waals surface area contributed by atoms with Gasteiger partial charge in [-0.05, 0) is 75.1 Å². The Hall–Kier alpha value is -3.00. The minimum atomic E-state index is -4.86. The molecule has 0 amide bonds. The lowest BCUT2D eigenvalue weighted by Crippen LogP contribution is -2.39. The minimum absolute atomic E-state index is 0.00256. The fourth-order valence-corrected chi connectivity index (χ4v) is 6.99. The van der Waals surface area contributed by atoms with Gasteiger partial charge in [0.15, 0.2) is 11.6 Å². The molecule has 2 aliphatic carbocycles.